The van der Waals surface area contributed by atoms with E-state index in [1.165, 1.54) is 6.07 Å². The largest absolute Gasteiger partial charge is 0.476 e. The topological polar surface area (TPSA) is 91.0 Å². The van der Waals surface area contributed by atoms with Gasteiger partial charge in [-0.05, 0) is 11.6 Å². The van der Waals surface area contributed by atoms with Crippen LogP contribution in [0.15, 0.2) is 22.7 Å². The predicted octanol–water partition coefficient (Wildman–Crippen LogP) is 1.91. The summed E-state index contributed by atoms with van der Waals surface area (Å²) in [4.78, 5) is 10.9. The lowest BCUT2D eigenvalue weighted by molar-refractivity contribution is 0.0686. The number of rotatable bonds is 4. The third-order valence-corrected chi connectivity index (χ3v) is 2.90. The highest BCUT2D eigenvalue weighted by molar-refractivity contribution is 5.87. The Kier molecular flexibility index (Phi) is 3.03. The van der Waals surface area contributed by atoms with Gasteiger partial charge in [-0.1, -0.05) is 11.2 Å². The van der Waals surface area contributed by atoms with Gasteiger partial charge in [0.25, 0.3) is 0 Å². The first-order valence-corrected chi connectivity index (χ1v) is 5.81. The average Bonchev–Trinajstić information content (AvgIpc) is 3.07. The molecule has 1 N–H and O–H groups in total. The minimum Gasteiger partial charge on any atom is -0.476 e. The molecule has 2 heterocycles. The second-order valence-electron chi connectivity index (χ2n) is 4.15. The molecule has 0 radical (unpaired) electrons. The molecule has 0 unspecified atom stereocenters. The first kappa shape index (κ1) is 12.5. The van der Waals surface area contributed by atoms with Crippen molar-refractivity contribution in [3.8, 4) is 22.8 Å². The van der Waals surface area contributed by atoms with Gasteiger partial charge in [0.15, 0.2) is 23.0 Å². The first-order chi connectivity index (χ1) is 9.70. The SMILES string of the molecule is COCc1ccc2c(c1-c1cc(C(=O)O)no1)OCO2. The van der Waals surface area contributed by atoms with Crippen LogP contribution in [0.5, 0.6) is 11.5 Å². The minimum atomic E-state index is -1.15. The molecule has 0 aliphatic carbocycles. The molecule has 0 saturated heterocycles. The smallest absolute Gasteiger partial charge is 0.358 e. The quantitative estimate of drug-likeness (QED) is 0.912. The molecule has 0 bridgehead atoms. The Labute approximate surface area is 113 Å². The van der Waals surface area contributed by atoms with Gasteiger partial charge in [-0.3, -0.25) is 0 Å². The molecule has 1 aromatic heterocycles. The van der Waals surface area contributed by atoms with Crippen LogP contribution in [0.1, 0.15) is 16.1 Å². The van der Waals surface area contributed by atoms with Crippen LogP contribution >= 0.6 is 0 Å². The maximum atomic E-state index is 10.9. The number of hydrogen-bond donors (Lipinski definition) is 1. The number of aromatic nitrogens is 1. The van der Waals surface area contributed by atoms with Crippen molar-refractivity contribution in [2.75, 3.05) is 13.9 Å². The maximum Gasteiger partial charge on any atom is 0.358 e. The number of fused-ring (bicyclic) bond motifs is 1. The molecule has 0 saturated carbocycles. The van der Waals surface area contributed by atoms with Crippen LogP contribution in [-0.2, 0) is 11.3 Å². The average molecular weight is 277 g/mol. The molecular weight excluding hydrogens is 266 g/mol. The molecule has 3 rings (SSSR count). The van der Waals surface area contributed by atoms with E-state index < -0.39 is 5.97 Å². The zero-order valence-corrected chi connectivity index (χ0v) is 10.6. The number of hydrogen-bond acceptors (Lipinski definition) is 6. The van der Waals surface area contributed by atoms with Crippen molar-refractivity contribution in [1.29, 1.82) is 0 Å². The second-order valence-corrected chi connectivity index (χ2v) is 4.15. The number of carboxylic acids is 1. The summed E-state index contributed by atoms with van der Waals surface area (Å²) in [6.45, 7) is 0.438. The molecule has 0 amide bonds. The number of aromatic carboxylic acids is 1. The summed E-state index contributed by atoms with van der Waals surface area (Å²) in [5.74, 6) is 0.232. The van der Waals surface area contributed by atoms with Gasteiger partial charge in [0.05, 0.1) is 12.2 Å². The summed E-state index contributed by atoms with van der Waals surface area (Å²) < 4.78 is 21.0. The van der Waals surface area contributed by atoms with Crippen molar-refractivity contribution >= 4 is 5.97 Å². The van der Waals surface area contributed by atoms with E-state index in [9.17, 15) is 4.79 Å². The van der Waals surface area contributed by atoms with Crippen molar-refractivity contribution in [1.82, 2.24) is 5.16 Å². The van der Waals surface area contributed by atoms with Crippen LogP contribution in [0.4, 0.5) is 0 Å². The number of ether oxygens (including phenoxy) is 3. The number of carboxylic acid groups (broad SMARTS) is 1. The lowest BCUT2D eigenvalue weighted by Gasteiger charge is -2.08. The van der Waals surface area contributed by atoms with Crippen LogP contribution in [-0.4, -0.2) is 30.1 Å². The third-order valence-electron chi connectivity index (χ3n) is 2.90. The number of methoxy groups -OCH3 is 1. The van der Waals surface area contributed by atoms with E-state index in [1.54, 1.807) is 13.2 Å². The molecular formula is C13H11NO6. The summed E-state index contributed by atoms with van der Waals surface area (Å²) in [5, 5.41) is 12.4. The normalized spacial score (nSPS) is 12.7. The molecule has 0 atom stereocenters. The van der Waals surface area contributed by atoms with Gasteiger partial charge in [-0.2, -0.15) is 0 Å². The van der Waals surface area contributed by atoms with Crippen LogP contribution in [0, 0.1) is 0 Å². The van der Waals surface area contributed by atoms with E-state index in [2.05, 4.69) is 5.16 Å². The Morgan fingerprint density at radius 2 is 2.30 bits per heavy atom. The molecule has 1 aromatic carbocycles. The zero-order valence-electron chi connectivity index (χ0n) is 10.6. The molecule has 104 valence electrons. The Bertz CT molecular complexity index is 663. The van der Waals surface area contributed by atoms with Crippen molar-refractivity contribution in [3.05, 3.63) is 29.5 Å². The van der Waals surface area contributed by atoms with Crippen molar-refractivity contribution < 1.29 is 28.6 Å². The molecule has 20 heavy (non-hydrogen) atoms. The van der Waals surface area contributed by atoms with Gasteiger partial charge in [-0.15, -0.1) is 0 Å². The highest BCUT2D eigenvalue weighted by Gasteiger charge is 2.25. The lowest BCUT2D eigenvalue weighted by Crippen LogP contribution is -1.96. The maximum absolute atomic E-state index is 10.9. The Hall–Kier alpha value is -2.54. The lowest BCUT2D eigenvalue weighted by atomic mass is 10.0. The van der Waals surface area contributed by atoms with E-state index in [1.807, 2.05) is 6.07 Å². The van der Waals surface area contributed by atoms with Crippen LogP contribution in [0.25, 0.3) is 11.3 Å². The van der Waals surface area contributed by atoms with E-state index >= 15 is 0 Å². The highest BCUT2D eigenvalue weighted by atomic mass is 16.7. The van der Waals surface area contributed by atoms with Gasteiger partial charge < -0.3 is 23.8 Å². The van der Waals surface area contributed by atoms with Crippen LogP contribution in [0.3, 0.4) is 0 Å². The van der Waals surface area contributed by atoms with E-state index in [0.717, 1.165) is 5.56 Å². The van der Waals surface area contributed by atoms with Crippen molar-refractivity contribution in [2.45, 2.75) is 6.61 Å². The number of carbonyl (C=O) groups is 1. The fourth-order valence-electron chi connectivity index (χ4n) is 2.05. The zero-order chi connectivity index (χ0) is 14.1. The highest BCUT2D eigenvalue weighted by Crippen LogP contribution is 2.43. The van der Waals surface area contributed by atoms with Gasteiger partial charge in [0, 0.05) is 13.2 Å². The molecule has 0 spiro atoms. The molecule has 1 aliphatic rings. The van der Waals surface area contributed by atoms with E-state index in [4.69, 9.17) is 23.8 Å². The number of benzene rings is 1. The summed E-state index contributed by atoms with van der Waals surface area (Å²) in [7, 11) is 1.57. The van der Waals surface area contributed by atoms with E-state index in [0.29, 0.717) is 29.4 Å². The summed E-state index contributed by atoms with van der Waals surface area (Å²) in [5.41, 5.74) is 1.23. The Morgan fingerprint density at radius 3 is 3.00 bits per heavy atom. The summed E-state index contributed by atoms with van der Waals surface area (Å²) >= 11 is 0. The summed E-state index contributed by atoms with van der Waals surface area (Å²) in [6, 6.07) is 4.93. The van der Waals surface area contributed by atoms with Gasteiger partial charge in [-0.25, -0.2) is 4.79 Å². The van der Waals surface area contributed by atoms with Gasteiger partial charge in [0.2, 0.25) is 6.79 Å². The fraction of sp³-hybridized carbons (Fsp3) is 0.231. The standard InChI is InChI=1S/C13H11NO6/c1-17-5-7-2-3-9-12(19-6-18-9)11(7)10-4-8(13(15)16)14-20-10/h2-4H,5-6H2,1H3,(H,15,16). The molecule has 7 heteroatoms. The van der Waals surface area contributed by atoms with Crippen LogP contribution < -0.4 is 9.47 Å². The molecule has 2 aromatic rings. The van der Waals surface area contributed by atoms with Crippen molar-refractivity contribution in [2.24, 2.45) is 0 Å². The van der Waals surface area contributed by atoms with E-state index in [-0.39, 0.29) is 12.5 Å². The Morgan fingerprint density at radius 1 is 1.45 bits per heavy atom. The second kappa shape index (κ2) is 4.86. The van der Waals surface area contributed by atoms with Gasteiger partial charge in [0.1, 0.15) is 0 Å². The monoisotopic (exact) mass is 277 g/mol. The predicted molar refractivity (Wildman–Crippen MR) is 65.7 cm³/mol. The Balaban J connectivity index is 2.14. The third kappa shape index (κ3) is 1.97. The van der Waals surface area contributed by atoms with Crippen LogP contribution in [0.2, 0.25) is 0 Å². The molecule has 0 fully saturated rings. The number of nitrogens with zero attached hydrogens (tertiary/aromatic N) is 1. The van der Waals surface area contributed by atoms with Crippen molar-refractivity contribution in [3.63, 3.8) is 0 Å². The minimum absolute atomic E-state index is 0.110. The molecule has 1 aliphatic heterocycles. The first-order valence-electron chi connectivity index (χ1n) is 5.81. The fourth-order valence-corrected chi connectivity index (χ4v) is 2.05. The summed E-state index contributed by atoms with van der Waals surface area (Å²) in [6.07, 6.45) is 0. The van der Waals surface area contributed by atoms with Gasteiger partial charge >= 0.3 is 5.97 Å². The molecule has 7 nitrogen and oxygen atoms in total.